The minimum atomic E-state index is 0.237. The Hall–Kier alpha value is -6.12. The summed E-state index contributed by atoms with van der Waals surface area (Å²) in [6.07, 6.45) is 20.8. The summed E-state index contributed by atoms with van der Waals surface area (Å²) in [5, 5.41) is 6.37. The fraction of sp³-hybridized carbons (Fsp3) is 0.170. The van der Waals surface area contributed by atoms with Crippen LogP contribution in [0.5, 0.6) is 0 Å². The molecule has 1 unspecified atom stereocenters. The second-order valence-corrected chi connectivity index (χ2v) is 14.0. The molecule has 0 bridgehead atoms. The molecule has 2 aliphatic rings. The lowest BCUT2D eigenvalue weighted by Gasteiger charge is -2.21. The Labute approximate surface area is 327 Å². The van der Waals surface area contributed by atoms with E-state index >= 15 is 0 Å². The monoisotopic (exact) mass is 716 g/mol. The quantitative estimate of drug-likeness (QED) is 0.140. The first-order valence-electron chi connectivity index (χ1n) is 19.9. The van der Waals surface area contributed by atoms with Crippen LogP contribution in [-0.2, 0) is 6.42 Å². The predicted molar refractivity (Wildman–Crippen MR) is 242 cm³/mol. The third kappa shape index (κ3) is 7.38. The lowest BCUT2D eigenvalue weighted by atomic mass is 9.95. The molecule has 0 saturated carbocycles. The molecule has 274 valence electrons. The molecule has 55 heavy (non-hydrogen) atoms. The molecule has 5 aromatic carbocycles. The third-order valence-electron chi connectivity index (χ3n) is 10.7. The van der Waals surface area contributed by atoms with Crippen LogP contribution >= 0.6 is 0 Å². The number of anilines is 1. The standard InChI is InChI=1S/C51H46N2.C2H6/c1-5-16-39(32-35(4)42-20-11-13-23-48(42)52-41-29-26-38(27-30-41)37-18-9-8-10-19-37)40-28-31-51-47(34-40)45-21-12-14-24-49(45)53(51)50-25-15-22-44-43(17-6-2)36(7-3)33-46(44)50;1-2/h6-29,31-32,34,41,52H,3,5,30,33H2,1-2,4H3;1-2H3/b17-6-,35-32+,39-16+;. The van der Waals surface area contributed by atoms with Crippen molar-refractivity contribution in [1.29, 1.82) is 0 Å². The van der Waals surface area contributed by atoms with Crippen LogP contribution in [-0.4, -0.2) is 10.6 Å². The molecular weight excluding hydrogens is 665 g/mol. The lowest BCUT2D eigenvalue weighted by Crippen LogP contribution is -2.18. The molecule has 2 heteroatoms. The Bertz CT molecular complexity index is 2540. The summed E-state index contributed by atoms with van der Waals surface area (Å²) in [5.41, 5.74) is 17.5. The highest BCUT2D eigenvalue weighted by Crippen LogP contribution is 2.41. The number of nitrogens with zero attached hydrogens (tertiary/aromatic N) is 1. The molecule has 0 amide bonds. The molecule has 0 fully saturated rings. The van der Waals surface area contributed by atoms with Gasteiger partial charge in [0.2, 0.25) is 0 Å². The number of allylic oxidation sites excluding steroid dienone is 11. The van der Waals surface area contributed by atoms with Crippen molar-refractivity contribution >= 4 is 49.8 Å². The molecule has 1 heterocycles. The maximum absolute atomic E-state index is 4.16. The van der Waals surface area contributed by atoms with Gasteiger partial charge in [-0.3, -0.25) is 0 Å². The van der Waals surface area contributed by atoms with Crippen LogP contribution in [0.15, 0.2) is 176 Å². The van der Waals surface area contributed by atoms with Gasteiger partial charge in [-0.2, -0.15) is 0 Å². The second kappa shape index (κ2) is 16.9. The van der Waals surface area contributed by atoms with Gasteiger partial charge in [0.15, 0.2) is 0 Å². The summed E-state index contributed by atoms with van der Waals surface area (Å²) < 4.78 is 2.47. The number of fused-ring (bicyclic) bond motifs is 4. The van der Waals surface area contributed by atoms with Crippen LogP contribution in [0.2, 0.25) is 0 Å². The van der Waals surface area contributed by atoms with Crippen LogP contribution < -0.4 is 5.32 Å². The summed E-state index contributed by atoms with van der Waals surface area (Å²) in [6, 6.07) is 42.2. The number of aromatic nitrogens is 1. The molecule has 0 radical (unpaired) electrons. The highest BCUT2D eigenvalue weighted by molar-refractivity contribution is 6.10. The van der Waals surface area contributed by atoms with E-state index in [1.165, 1.54) is 83.2 Å². The van der Waals surface area contributed by atoms with Crippen LogP contribution in [0.25, 0.3) is 49.8 Å². The van der Waals surface area contributed by atoms with Crippen molar-refractivity contribution in [3.05, 3.63) is 204 Å². The fourth-order valence-corrected chi connectivity index (χ4v) is 8.15. The molecule has 0 aliphatic heterocycles. The van der Waals surface area contributed by atoms with Gasteiger partial charge in [-0.25, -0.2) is 0 Å². The summed E-state index contributed by atoms with van der Waals surface area (Å²) in [6.45, 7) is 14.7. The first kappa shape index (κ1) is 37.2. The highest BCUT2D eigenvalue weighted by atomic mass is 15.0. The van der Waals surface area contributed by atoms with Gasteiger partial charge in [-0.15, -0.1) is 0 Å². The third-order valence-corrected chi connectivity index (χ3v) is 10.7. The summed E-state index contributed by atoms with van der Waals surface area (Å²) in [5.74, 6) is 0. The van der Waals surface area contributed by atoms with Gasteiger partial charge in [-0.1, -0.05) is 161 Å². The first-order valence-corrected chi connectivity index (χ1v) is 19.9. The van der Waals surface area contributed by atoms with Gasteiger partial charge in [0.25, 0.3) is 0 Å². The van der Waals surface area contributed by atoms with Crippen molar-refractivity contribution in [1.82, 2.24) is 4.57 Å². The van der Waals surface area contributed by atoms with Gasteiger partial charge in [0, 0.05) is 34.5 Å². The minimum absolute atomic E-state index is 0.237. The molecule has 2 nitrogen and oxygen atoms in total. The number of hydrogen-bond acceptors (Lipinski definition) is 1. The van der Waals surface area contributed by atoms with Gasteiger partial charge in [-0.05, 0) is 107 Å². The molecular formula is C53H52N2. The molecule has 0 spiro atoms. The first-order chi connectivity index (χ1) is 27.1. The van der Waals surface area contributed by atoms with Crippen molar-refractivity contribution in [3.8, 4) is 5.69 Å². The van der Waals surface area contributed by atoms with E-state index in [9.17, 15) is 0 Å². The van der Waals surface area contributed by atoms with Gasteiger partial charge < -0.3 is 9.88 Å². The van der Waals surface area contributed by atoms with E-state index in [1.54, 1.807) is 0 Å². The molecule has 1 aromatic heterocycles. The smallest absolute Gasteiger partial charge is 0.0541 e. The molecule has 1 atom stereocenters. The van der Waals surface area contributed by atoms with E-state index < -0.39 is 0 Å². The van der Waals surface area contributed by atoms with Crippen LogP contribution in [0, 0.1) is 0 Å². The van der Waals surface area contributed by atoms with Gasteiger partial charge >= 0.3 is 0 Å². The van der Waals surface area contributed by atoms with Crippen molar-refractivity contribution in [2.75, 3.05) is 5.32 Å². The lowest BCUT2D eigenvalue weighted by molar-refractivity contribution is 0.885. The number of benzene rings is 5. The Morgan fingerprint density at radius 3 is 2.38 bits per heavy atom. The Morgan fingerprint density at radius 1 is 0.855 bits per heavy atom. The van der Waals surface area contributed by atoms with Crippen LogP contribution in [0.3, 0.4) is 0 Å². The zero-order valence-electron chi connectivity index (χ0n) is 32.9. The topological polar surface area (TPSA) is 17.0 Å². The Morgan fingerprint density at radius 2 is 1.62 bits per heavy atom. The Kier molecular flexibility index (Phi) is 11.4. The predicted octanol–water partition coefficient (Wildman–Crippen LogP) is 14.6. The molecule has 6 aromatic rings. The van der Waals surface area contributed by atoms with Crippen molar-refractivity contribution < 1.29 is 0 Å². The summed E-state index contributed by atoms with van der Waals surface area (Å²) in [7, 11) is 0. The minimum Gasteiger partial charge on any atom is -0.378 e. The second-order valence-electron chi connectivity index (χ2n) is 14.0. The number of rotatable bonds is 10. The van der Waals surface area contributed by atoms with Crippen LogP contribution in [0.1, 0.15) is 75.3 Å². The fourth-order valence-electron chi connectivity index (χ4n) is 8.15. The van der Waals surface area contributed by atoms with E-state index in [-0.39, 0.29) is 6.04 Å². The average molecular weight is 717 g/mol. The van der Waals surface area contributed by atoms with E-state index in [4.69, 9.17) is 0 Å². The summed E-state index contributed by atoms with van der Waals surface area (Å²) in [4.78, 5) is 0. The number of nitrogens with one attached hydrogen (secondary N) is 1. The maximum Gasteiger partial charge on any atom is 0.0541 e. The largest absolute Gasteiger partial charge is 0.378 e. The maximum atomic E-state index is 4.16. The SMILES string of the molecule is C=CC1=C(/C=C\C)c2cccc(-n3c4ccccc4c4cc(C(=C/CC)/C=C(\C)c5ccccc5NC5C=CC(c6ccccc6)=CC5)ccc43)c2C1.CC. The normalized spacial score (nSPS) is 15.7. The van der Waals surface area contributed by atoms with E-state index in [1.807, 2.05) is 19.9 Å². The van der Waals surface area contributed by atoms with E-state index in [2.05, 4.69) is 195 Å². The zero-order valence-corrected chi connectivity index (χ0v) is 32.9. The average Bonchev–Trinajstić information content (AvgIpc) is 3.77. The number of hydrogen-bond donors (Lipinski definition) is 1. The van der Waals surface area contributed by atoms with Crippen molar-refractivity contribution in [3.63, 3.8) is 0 Å². The Balaban J connectivity index is 0.00000229. The van der Waals surface area contributed by atoms with Gasteiger partial charge in [0.1, 0.15) is 0 Å². The molecule has 2 aliphatic carbocycles. The number of para-hydroxylation sites is 2. The van der Waals surface area contributed by atoms with Crippen molar-refractivity contribution in [2.24, 2.45) is 0 Å². The molecule has 8 rings (SSSR count). The zero-order chi connectivity index (χ0) is 38.3. The summed E-state index contributed by atoms with van der Waals surface area (Å²) >= 11 is 0. The van der Waals surface area contributed by atoms with E-state index in [0.717, 1.165) is 24.9 Å². The molecule has 1 N–H and O–H groups in total. The highest BCUT2D eigenvalue weighted by Gasteiger charge is 2.24. The molecule has 0 saturated heterocycles. The van der Waals surface area contributed by atoms with Crippen molar-refractivity contribution in [2.45, 2.75) is 59.9 Å². The van der Waals surface area contributed by atoms with E-state index in [0.29, 0.717) is 0 Å². The van der Waals surface area contributed by atoms with Crippen LogP contribution in [0.4, 0.5) is 5.69 Å². The van der Waals surface area contributed by atoms with Gasteiger partial charge in [0.05, 0.1) is 16.7 Å².